The largest absolute Gasteiger partial charge is 0.481 e. The average molecular weight is 328 g/mol. The number of hydrogen-bond acceptors (Lipinski definition) is 7. The predicted molar refractivity (Wildman–Crippen MR) is 78.9 cm³/mol. The summed E-state index contributed by atoms with van der Waals surface area (Å²) in [4.78, 5) is 39.1. The number of esters is 1. The van der Waals surface area contributed by atoms with Crippen LogP contribution in [-0.4, -0.2) is 39.5 Å². The highest BCUT2D eigenvalue weighted by Crippen LogP contribution is 2.21. The molecule has 2 heterocycles. The van der Waals surface area contributed by atoms with Crippen molar-refractivity contribution in [2.45, 2.75) is 18.1 Å². The van der Waals surface area contributed by atoms with Crippen LogP contribution in [0.25, 0.3) is 10.2 Å². The van der Waals surface area contributed by atoms with Crippen molar-refractivity contribution in [2.75, 3.05) is 12.9 Å². The van der Waals surface area contributed by atoms with Crippen molar-refractivity contribution in [3.63, 3.8) is 0 Å². The van der Waals surface area contributed by atoms with Crippen LogP contribution in [0.3, 0.4) is 0 Å². The van der Waals surface area contributed by atoms with Crippen molar-refractivity contribution in [3.05, 3.63) is 21.8 Å². The summed E-state index contributed by atoms with van der Waals surface area (Å²) in [6, 6.07) is 1.66. The molecule has 2 aromatic rings. The zero-order valence-electron chi connectivity index (χ0n) is 11.1. The van der Waals surface area contributed by atoms with Crippen molar-refractivity contribution in [3.8, 4) is 0 Å². The van der Waals surface area contributed by atoms with Gasteiger partial charge in [0.15, 0.2) is 5.16 Å². The first-order chi connectivity index (χ1) is 10.0. The first kappa shape index (κ1) is 15.5. The zero-order chi connectivity index (χ0) is 15.4. The molecule has 7 nitrogen and oxygen atoms in total. The molecular formula is C12H12N2O5S2. The molecule has 9 heteroatoms. The molecule has 0 atom stereocenters. The lowest BCUT2D eigenvalue weighted by Gasteiger charge is -2.10. The minimum Gasteiger partial charge on any atom is -0.481 e. The number of carbonyl (C=O) groups is 2. The van der Waals surface area contributed by atoms with Crippen LogP contribution in [0.2, 0.25) is 0 Å². The Kier molecular flexibility index (Phi) is 4.97. The summed E-state index contributed by atoms with van der Waals surface area (Å²) in [6.45, 7) is 0.103. The smallest absolute Gasteiger partial charge is 0.313 e. The number of fused-ring (bicyclic) bond motifs is 1. The second kappa shape index (κ2) is 6.72. The highest BCUT2D eigenvalue weighted by Gasteiger charge is 2.14. The summed E-state index contributed by atoms with van der Waals surface area (Å²) in [5, 5.41) is 11.3. The number of carboxylic acids is 1. The molecule has 0 aliphatic rings. The maximum absolute atomic E-state index is 12.4. The first-order valence-electron chi connectivity index (χ1n) is 5.92. The molecule has 0 spiro atoms. The molecule has 0 bridgehead atoms. The van der Waals surface area contributed by atoms with Gasteiger partial charge in [0, 0.05) is 6.54 Å². The van der Waals surface area contributed by atoms with Crippen LogP contribution < -0.4 is 5.56 Å². The summed E-state index contributed by atoms with van der Waals surface area (Å²) >= 11 is 2.26. The monoisotopic (exact) mass is 328 g/mol. The molecule has 0 saturated heterocycles. The van der Waals surface area contributed by atoms with E-state index in [1.807, 2.05) is 0 Å². The quantitative estimate of drug-likeness (QED) is 0.483. The van der Waals surface area contributed by atoms with Gasteiger partial charge in [0.05, 0.1) is 24.7 Å². The second-order valence-corrected chi connectivity index (χ2v) is 5.84. The van der Waals surface area contributed by atoms with Gasteiger partial charge in [-0.15, -0.1) is 11.3 Å². The van der Waals surface area contributed by atoms with Crippen molar-refractivity contribution in [2.24, 2.45) is 0 Å². The molecular weight excluding hydrogens is 316 g/mol. The molecule has 2 rings (SSSR count). The van der Waals surface area contributed by atoms with Gasteiger partial charge < -0.3 is 9.84 Å². The molecule has 0 radical (unpaired) electrons. The average Bonchev–Trinajstić information content (AvgIpc) is 2.92. The maximum Gasteiger partial charge on any atom is 0.313 e. The van der Waals surface area contributed by atoms with Gasteiger partial charge in [-0.3, -0.25) is 19.0 Å². The van der Waals surface area contributed by atoms with Crippen LogP contribution in [0.1, 0.15) is 6.42 Å². The number of methoxy groups -OCH3 is 1. The van der Waals surface area contributed by atoms with Crippen molar-refractivity contribution >= 4 is 45.3 Å². The zero-order valence-corrected chi connectivity index (χ0v) is 12.7. The van der Waals surface area contributed by atoms with Crippen molar-refractivity contribution in [1.82, 2.24) is 9.55 Å². The molecule has 1 N–H and O–H groups in total. The molecule has 21 heavy (non-hydrogen) atoms. The number of carbonyl (C=O) groups excluding carboxylic acids is 1. The van der Waals surface area contributed by atoms with Crippen LogP contribution in [-0.2, 0) is 20.9 Å². The molecule has 0 amide bonds. The summed E-state index contributed by atoms with van der Waals surface area (Å²) in [5.74, 6) is -1.65. The summed E-state index contributed by atoms with van der Waals surface area (Å²) < 4.78 is 5.87. The fourth-order valence-corrected chi connectivity index (χ4v) is 3.22. The fourth-order valence-electron chi connectivity index (χ4n) is 1.67. The number of aliphatic carboxylic acids is 1. The Morgan fingerprint density at radius 3 is 2.95 bits per heavy atom. The number of rotatable bonds is 6. The second-order valence-electron chi connectivity index (χ2n) is 4.00. The minimum absolute atomic E-state index is 0.0222. The third-order valence-corrected chi connectivity index (χ3v) is 4.41. The van der Waals surface area contributed by atoms with Gasteiger partial charge in [0.25, 0.3) is 5.56 Å². The van der Waals surface area contributed by atoms with E-state index in [1.165, 1.54) is 23.0 Å². The molecule has 0 aliphatic carbocycles. The number of thioether (sulfide) groups is 1. The Bertz CT molecular complexity index is 737. The van der Waals surface area contributed by atoms with E-state index in [0.717, 1.165) is 11.8 Å². The highest BCUT2D eigenvalue weighted by molar-refractivity contribution is 7.99. The van der Waals surface area contributed by atoms with Gasteiger partial charge in [0.1, 0.15) is 4.83 Å². The SMILES string of the molecule is COC(=O)CCn1c(SCC(=O)O)nc2sccc2c1=O. The van der Waals surface area contributed by atoms with Gasteiger partial charge in [0.2, 0.25) is 0 Å². The molecule has 2 aromatic heterocycles. The van der Waals surface area contributed by atoms with E-state index in [0.29, 0.717) is 15.4 Å². The number of ether oxygens (including phenoxy) is 1. The minimum atomic E-state index is -1.000. The van der Waals surface area contributed by atoms with E-state index in [2.05, 4.69) is 9.72 Å². The lowest BCUT2D eigenvalue weighted by molar-refractivity contribution is -0.141. The van der Waals surface area contributed by atoms with Crippen LogP contribution in [0, 0.1) is 0 Å². The molecule has 0 aliphatic heterocycles. The number of nitrogens with zero attached hydrogens (tertiary/aromatic N) is 2. The molecule has 0 aromatic carbocycles. The van der Waals surface area contributed by atoms with Crippen molar-refractivity contribution < 1.29 is 19.4 Å². The molecule has 112 valence electrons. The molecule has 0 unspecified atom stereocenters. The number of thiophene rings is 1. The molecule has 0 fully saturated rings. The topological polar surface area (TPSA) is 98.5 Å². The third-order valence-electron chi connectivity index (χ3n) is 2.64. The Morgan fingerprint density at radius 2 is 2.29 bits per heavy atom. The Balaban J connectivity index is 2.39. The lowest BCUT2D eigenvalue weighted by Crippen LogP contribution is -2.24. The maximum atomic E-state index is 12.4. The van der Waals surface area contributed by atoms with Gasteiger partial charge in [-0.25, -0.2) is 4.98 Å². The molecule has 0 saturated carbocycles. The van der Waals surface area contributed by atoms with Crippen LogP contribution >= 0.6 is 23.1 Å². The summed E-state index contributed by atoms with van der Waals surface area (Å²) in [6.07, 6.45) is 0.0222. The van der Waals surface area contributed by atoms with Gasteiger partial charge >= 0.3 is 11.9 Å². The van der Waals surface area contributed by atoms with Crippen LogP contribution in [0.15, 0.2) is 21.4 Å². The van der Waals surface area contributed by atoms with Crippen LogP contribution in [0.4, 0.5) is 0 Å². The number of aromatic nitrogens is 2. The normalized spacial score (nSPS) is 10.7. The van der Waals surface area contributed by atoms with E-state index < -0.39 is 11.9 Å². The summed E-state index contributed by atoms with van der Waals surface area (Å²) in [5.41, 5.74) is -0.280. The Hall–Kier alpha value is -1.87. The van der Waals surface area contributed by atoms with E-state index >= 15 is 0 Å². The third kappa shape index (κ3) is 3.61. The van der Waals surface area contributed by atoms with Gasteiger partial charge in [-0.05, 0) is 11.4 Å². The lowest BCUT2D eigenvalue weighted by atomic mass is 10.4. The van der Waals surface area contributed by atoms with Crippen molar-refractivity contribution in [1.29, 1.82) is 0 Å². The predicted octanol–water partition coefficient (Wildman–Crippen LogP) is 1.20. The highest BCUT2D eigenvalue weighted by atomic mass is 32.2. The summed E-state index contributed by atoms with van der Waals surface area (Å²) in [7, 11) is 1.27. The number of hydrogen-bond donors (Lipinski definition) is 1. The van der Waals surface area contributed by atoms with E-state index in [1.54, 1.807) is 11.4 Å². The first-order valence-corrected chi connectivity index (χ1v) is 7.79. The van der Waals surface area contributed by atoms with Gasteiger partial charge in [-0.2, -0.15) is 0 Å². The standard InChI is InChI=1S/C12H12N2O5S2/c1-19-9(17)2-4-14-11(18)7-3-5-20-10(7)13-12(14)21-6-8(15)16/h3,5H,2,4,6H2,1H3,(H,15,16). The van der Waals surface area contributed by atoms with E-state index in [4.69, 9.17) is 5.11 Å². The van der Waals surface area contributed by atoms with Gasteiger partial charge in [-0.1, -0.05) is 11.8 Å². The van der Waals surface area contributed by atoms with E-state index in [9.17, 15) is 14.4 Å². The van der Waals surface area contributed by atoms with E-state index in [-0.39, 0.29) is 24.3 Å². The fraction of sp³-hybridized carbons (Fsp3) is 0.333. The van der Waals surface area contributed by atoms with Crippen LogP contribution in [0.5, 0.6) is 0 Å². The number of carboxylic acid groups (broad SMARTS) is 1. The Morgan fingerprint density at radius 1 is 1.52 bits per heavy atom. The Labute approximate surface area is 127 Å².